The summed E-state index contributed by atoms with van der Waals surface area (Å²) in [7, 11) is 0. The molecule has 1 fully saturated rings. The van der Waals surface area contributed by atoms with Crippen LogP contribution in [0, 0.1) is 11.3 Å². The average Bonchev–Trinajstić information content (AvgIpc) is 2.48. The minimum Gasteiger partial charge on any atom is -0.370 e. The number of morpholine rings is 1. The van der Waals surface area contributed by atoms with Gasteiger partial charge in [0, 0.05) is 5.56 Å². The van der Waals surface area contributed by atoms with E-state index in [2.05, 4.69) is 5.32 Å². The number of benzene rings is 1. The van der Waals surface area contributed by atoms with Gasteiger partial charge in [0.15, 0.2) is 0 Å². The lowest BCUT2D eigenvalue weighted by molar-refractivity contribution is -0.906. The zero-order valence-corrected chi connectivity index (χ0v) is 10.8. The molecule has 0 spiro atoms. The number of hydrogen-bond acceptors (Lipinski definition) is 3. The van der Waals surface area contributed by atoms with Gasteiger partial charge in [-0.15, -0.1) is 0 Å². The Morgan fingerprint density at radius 2 is 2.00 bits per heavy atom. The fourth-order valence-electron chi connectivity index (χ4n) is 2.06. The lowest BCUT2D eigenvalue weighted by atomic mass is 10.1. The molecule has 100 valence electrons. The Labute approximate surface area is 112 Å². The van der Waals surface area contributed by atoms with Gasteiger partial charge in [0.1, 0.15) is 13.1 Å². The van der Waals surface area contributed by atoms with Crippen LogP contribution in [0.5, 0.6) is 0 Å². The second-order valence-corrected chi connectivity index (χ2v) is 4.56. The number of nitriles is 1. The van der Waals surface area contributed by atoms with Crippen molar-refractivity contribution in [3.8, 4) is 6.07 Å². The summed E-state index contributed by atoms with van der Waals surface area (Å²) in [5.41, 5.74) is 1.16. The molecule has 2 rings (SSSR count). The molecule has 1 heterocycles. The van der Waals surface area contributed by atoms with Gasteiger partial charge < -0.3 is 15.0 Å². The van der Waals surface area contributed by atoms with Gasteiger partial charge in [-0.1, -0.05) is 0 Å². The Morgan fingerprint density at radius 1 is 1.32 bits per heavy atom. The van der Waals surface area contributed by atoms with Gasteiger partial charge in [-0.2, -0.15) is 5.26 Å². The lowest BCUT2D eigenvalue weighted by Crippen LogP contribution is -3.14. The first-order chi connectivity index (χ1) is 9.29. The van der Waals surface area contributed by atoms with Crippen molar-refractivity contribution in [2.75, 3.05) is 39.4 Å². The van der Waals surface area contributed by atoms with Crippen LogP contribution in [0.4, 0.5) is 0 Å². The summed E-state index contributed by atoms with van der Waals surface area (Å²) in [6.07, 6.45) is 0. The number of ether oxygens (including phenoxy) is 1. The van der Waals surface area contributed by atoms with Crippen LogP contribution in [0.25, 0.3) is 0 Å². The highest BCUT2D eigenvalue weighted by Crippen LogP contribution is 2.02. The largest absolute Gasteiger partial charge is 0.370 e. The Hall–Kier alpha value is -1.90. The van der Waals surface area contributed by atoms with Gasteiger partial charge in [0.25, 0.3) is 5.91 Å². The van der Waals surface area contributed by atoms with Crippen molar-refractivity contribution in [1.29, 1.82) is 5.26 Å². The van der Waals surface area contributed by atoms with Crippen molar-refractivity contribution in [3.63, 3.8) is 0 Å². The smallest absolute Gasteiger partial charge is 0.251 e. The molecule has 5 heteroatoms. The van der Waals surface area contributed by atoms with Crippen LogP contribution in [-0.4, -0.2) is 45.3 Å². The van der Waals surface area contributed by atoms with E-state index in [4.69, 9.17) is 10.00 Å². The topological polar surface area (TPSA) is 66.6 Å². The summed E-state index contributed by atoms with van der Waals surface area (Å²) < 4.78 is 5.28. The molecule has 1 aliphatic heterocycles. The standard InChI is InChI=1S/C14H17N3O2/c15-11-12-1-3-13(4-2-12)14(18)16-5-6-17-7-9-19-10-8-17/h1-4H,5-10H2,(H,16,18)/p+1. The molecule has 1 amide bonds. The molecule has 2 N–H and O–H groups in total. The second kappa shape index (κ2) is 6.88. The number of nitrogens with one attached hydrogen (secondary N) is 2. The molecule has 1 saturated heterocycles. The lowest BCUT2D eigenvalue weighted by Gasteiger charge is -2.23. The summed E-state index contributed by atoms with van der Waals surface area (Å²) in [6.45, 7) is 5.21. The molecule has 0 aliphatic carbocycles. The van der Waals surface area contributed by atoms with E-state index < -0.39 is 0 Å². The maximum atomic E-state index is 11.9. The van der Waals surface area contributed by atoms with Gasteiger partial charge >= 0.3 is 0 Å². The van der Waals surface area contributed by atoms with Gasteiger partial charge in [0.2, 0.25) is 0 Å². The van der Waals surface area contributed by atoms with E-state index in [1.54, 1.807) is 24.3 Å². The molecule has 5 nitrogen and oxygen atoms in total. The third-order valence-electron chi connectivity index (χ3n) is 3.24. The molecule has 0 atom stereocenters. The van der Waals surface area contributed by atoms with E-state index in [-0.39, 0.29) is 5.91 Å². The van der Waals surface area contributed by atoms with Gasteiger partial charge in [-0.3, -0.25) is 4.79 Å². The maximum absolute atomic E-state index is 11.9. The molecule has 0 aromatic heterocycles. The van der Waals surface area contributed by atoms with Crippen molar-refractivity contribution >= 4 is 5.91 Å². The Balaban J connectivity index is 1.75. The molecule has 19 heavy (non-hydrogen) atoms. The molecular weight excluding hydrogens is 242 g/mol. The first kappa shape index (κ1) is 13.5. The number of nitrogens with zero attached hydrogens (tertiary/aromatic N) is 1. The van der Waals surface area contributed by atoms with Crippen molar-refractivity contribution in [2.24, 2.45) is 0 Å². The number of hydrogen-bond donors (Lipinski definition) is 2. The SMILES string of the molecule is N#Cc1ccc(C(=O)NCC[NH+]2CCOCC2)cc1. The summed E-state index contributed by atoms with van der Waals surface area (Å²) in [5.74, 6) is -0.0860. The molecule has 1 aromatic carbocycles. The molecule has 0 bridgehead atoms. The average molecular weight is 260 g/mol. The number of amides is 1. The monoisotopic (exact) mass is 260 g/mol. The van der Waals surface area contributed by atoms with Crippen LogP contribution >= 0.6 is 0 Å². The van der Waals surface area contributed by atoms with Gasteiger partial charge in [-0.25, -0.2) is 0 Å². The zero-order chi connectivity index (χ0) is 13.5. The highest BCUT2D eigenvalue weighted by Gasteiger charge is 2.13. The van der Waals surface area contributed by atoms with E-state index >= 15 is 0 Å². The predicted octanol–water partition coefficient (Wildman–Crippen LogP) is -0.797. The Morgan fingerprint density at radius 3 is 2.63 bits per heavy atom. The van der Waals surface area contributed by atoms with E-state index in [0.717, 1.165) is 32.8 Å². The Bertz CT molecular complexity index is 459. The predicted molar refractivity (Wildman–Crippen MR) is 69.9 cm³/mol. The van der Waals surface area contributed by atoms with Crippen LogP contribution in [0.2, 0.25) is 0 Å². The number of quaternary nitrogens is 1. The molecule has 0 radical (unpaired) electrons. The van der Waals surface area contributed by atoms with Crippen molar-refractivity contribution < 1.29 is 14.4 Å². The quantitative estimate of drug-likeness (QED) is 0.745. The molecule has 0 unspecified atom stereocenters. The minimum atomic E-state index is -0.0860. The van der Waals surface area contributed by atoms with E-state index in [9.17, 15) is 4.79 Å². The van der Waals surface area contributed by atoms with Crippen LogP contribution in [0.15, 0.2) is 24.3 Å². The fourth-order valence-corrected chi connectivity index (χ4v) is 2.06. The normalized spacial score (nSPS) is 15.7. The van der Waals surface area contributed by atoms with Crippen molar-refractivity contribution in [1.82, 2.24) is 5.32 Å². The van der Waals surface area contributed by atoms with Crippen molar-refractivity contribution in [2.45, 2.75) is 0 Å². The third-order valence-corrected chi connectivity index (χ3v) is 3.24. The fraction of sp³-hybridized carbons (Fsp3) is 0.429. The highest BCUT2D eigenvalue weighted by atomic mass is 16.5. The van der Waals surface area contributed by atoms with Crippen LogP contribution in [-0.2, 0) is 4.74 Å². The van der Waals surface area contributed by atoms with Crippen LogP contribution < -0.4 is 10.2 Å². The highest BCUT2D eigenvalue weighted by molar-refractivity contribution is 5.94. The molecule has 1 aliphatic rings. The molecule has 0 saturated carbocycles. The van der Waals surface area contributed by atoms with Crippen LogP contribution in [0.1, 0.15) is 15.9 Å². The van der Waals surface area contributed by atoms with E-state index in [1.807, 2.05) is 6.07 Å². The van der Waals surface area contributed by atoms with Crippen LogP contribution in [0.3, 0.4) is 0 Å². The summed E-state index contributed by atoms with van der Waals surface area (Å²) in [6, 6.07) is 8.69. The van der Waals surface area contributed by atoms with Crippen molar-refractivity contribution in [3.05, 3.63) is 35.4 Å². The van der Waals surface area contributed by atoms with Gasteiger partial charge in [-0.05, 0) is 24.3 Å². The summed E-state index contributed by atoms with van der Waals surface area (Å²) in [5, 5.41) is 11.6. The number of rotatable bonds is 4. The third kappa shape index (κ3) is 4.05. The van der Waals surface area contributed by atoms with E-state index in [0.29, 0.717) is 17.7 Å². The summed E-state index contributed by atoms with van der Waals surface area (Å²) >= 11 is 0. The van der Waals surface area contributed by atoms with E-state index in [1.165, 1.54) is 4.90 Å². The molecule has 1 aromatic rings. The number of carbonyl (C=O) groups excluding carboxylic acids is 1. The Kier molecular flexibility index (Phi) is 4.90. The first-order valence-electron chi connectivity index (χ1n) is 6.49. The number of carbonyl (C=O) groups is 1. The minimum absolute atomic E-state index is 0.0860. The molecular formula is C14H18N3O2+. The maximum Gasteiger partial charge on any atom is 0.251 e. The summed E-state index contributed by atoms with van der Waals surface area (Å²) in [4.78, 5) is 13.3. The zero-order valence-electron chi connectivity index (χ0n) is 10.8. The van der Waals surface area contributed by atoms with Gasteiger partial charge in [0.05, 0.1) is 37.9 Å². The second-order valence-electron chi connectivity index (χ2n) is 4.56. The first-order valence-corrected chi connectivity index (χ1v) is 6.49.